The summed E-state index contributed by atoms with van der Waals surface area (Å²) in [6.07, 6.45) is 0. The Labute approximate surface area is 142 Å². The summed E-state index contributed by atoms with van der Waals surface area (Å²) in [6.45, 7) is 2.57. The van der Waals surface area contributed by atoms with Crippen molar-refractivity contribution in [1.82, 2.24) is 10.6 Å². The van der Waals surface area contributed by atoms with Gasteiger partial charge in [-0.2, -0.15) is 0 Å². The molecule has 0 unspecified atom stereocenters. The summed E-state index contributed by atoms with van der Waals surface area (Å²) < 4.78 is 11.1. The van der Waals surface area contributed by atoms with Gasteiger partial charge >= 0.3 is 0 Å². The molecule has 0 aliphatic carbocycles. The zero-order valence-electron chi connectivity index (χ0n) is 12.6. The number of furan rings is 1. The van der Waals surface area contributed by atoms with Crippen LogP contribution in [0, 0.1) is 6.92 Å². The van der Waals surface area contributed by atoms with Crippen LogP contribution >= 0.6 is 15.9 Å². The van der Waals surface area contributed by atoms with Gasteiger partial charge in [-0.1, -0.05) is 12.1 Å². The van der Waals surface area contributed by atoms with Gasteiger partial charge in [0.15, 0.2) is 10.4 Å². The van der Waals surface area contributed by atoms with E-state index in [1.54, 1.807) is 6.07 Å². The van der Waals surface area contributed by atoms with E-state index in [-0.39, 0.29) is 18.2 Å². The van der Waals surface area contributed by atoms with E-state index in [4.69, 9.17) is 9.15 Å². The Bertz CT molecular complexity index is 684. The highest BCUT2D eigenvalue weighted by Crippen LogP contribution is 2.13. The Morgan fingerprint density at radius 2 is 2.04 bits per heavy atom. The number of hydrogen-bond acceptors (Lipinski definition) is 4. The Morgan fingerprint density at radius 1 is 1.22 bits per heavy atom. The van der Waals surface area contributed by atoms with Gasteiger partial charge < -0.3 is 19.8 Å². The summed E-state index contributed by atoms with van der Waals surface area (Å²) in [5, 5.41) is 5.13. The average Bonchev–Trinajstić information content (AvgIpc) is 2.96. The molecule has 2 amide bonds. The first-order chi connectivity index (χ1) is 11.0. The van der Waals surface area contributed by atoms with E-state index in [0.29, 0.717) is 17.8 Å². The van der Waals surface area contributed by atoms with Crippen molar-refractivity contribution in [2.45, 2.75) is 6.92 Å². The second kappa shape index (κ2) is 8.38. The van der Waals surface area contributed by atoms with Crippen LogP contribution in [0.5, 0.6) is 5.75 Å². The molecule has 1 heterocycles. The molecule has 0 fully saturated rings. The zero-order valence-corrected chi connectivity index (χ0v) is 14.2. The number of carbonyl (C=O) groups is 2. The summed E-state index contributed by atoms with van der Waals surface area (Å²) in [5.41, 5.74) is 1.11. The molecule has 1 aromatic heterocycles. The molecule has 0 atom stereocenters. The molecule has 0 saturated heterocycles. The molecule has 0 spiro atoms. The molecule has 122 valence electrons. The second-order valence-electron chi connectivity index (χ2n) is 4.80. The third-order valence-corrected chi connectivity index (χ3v) is 3.32. The van der Waals surface area contributed by atoms with Crippen molar-refractivity contribution in [3.05, 3.63) is 52.4 Å². The van der Waals surface area contributed by atoms with Crippen molar-refractivity contribution < 1.29 is 18.7 Å². The van der Waals surface area contributed by atoms with Crippen LogP contribution in [0.2, 0.25) is 0 Å². The molecule has 2 aromatic rings. The maximum absolute atomic E-state index is 11.7. The minimum absolute atomic E-state index is 0.123. The predicted octanol–water partition coefficient (Wildman–Crippen LogP) is 2.28. The highest BCUT2D eigenvalue weighted by molar-refractivity contribution is 9.10. The molecule has 0 saturated carbocycles. The molecule has 2 rings (SSSR count). The van der Waals surface area contributed by atoms with Gasteiger partial charge in [-0.05, 0) is 52.7 Å². The number of aryl methyl sites for hydroxylation is 1. The monoisotopic (exact) mass is 380 g/mol. The summed E-state index contributed by atoms with van der Waals surface area (Å²) in [7, 11) is 0. The van der Waals surface area contributed by atoms with E-state index >= 15 is 0 Å². The highest BCUT2D eigenvalue weighted by atomic mass is 79.9. The van der Waals surface area contributed by atoms with Crippen LogP contribution in [0.3, 0.4) is 0 Å². The van der Waals surface area contributed by atoms with Crippen LogP contribution in [-0.4, -0.2) is 31.5 Å². The Hall–Kier alpha value is -2.28. The molecule has 6 nitrogen and oxygen atoms in total. The van der Waals surface area contributed by atoms with Crippen molar-refractivity contribution in [1.29, 1.82) is 0 Å². The van der Waals surface area contributed by atoms with Gasteiger partial charge in [-0.15, -0.1) is 0 Å². The van der Waals surface area contributed by atoms with E-state index in [1.807, 2.05) is 31.2 Å². The highest BCUT2D eigenvalue weighted by Gasteiger charge is 2.11. The third-order valence-electron chi connectivity index (χ3n) is 2.89. The first-order valence-corrected chi connectivity index (χ1v) is 7.83. The number of benzene rings is 1. The fourth-order valence-electron chi connectivity index (χ4n) is 1.81. The fourth-order valence-corrected chi connectivity index (χ4v) is 2.12. The van der Waals surface area contributed by atoms with E-state index in [1.165, 1.54) is 6.07 Å². The van der Waals surface area contributed by atoms with Crippen LogP contribution in [0.4, 0.5) is 0 Å². The molecular weight excluding hydrogens is 364 g/mol. The quantitative estimate of drug-likeness (QED) is 0.722. The molecule has 0 aliphatic heterocycles. The maximum Gasteiger partial charge on any atom is 0.287 e. The van der Waals surface area contributed by atoms with E-state index in [0.717, 1.165) is 11.3 Å². The van der Waals surface area contributed by atoms with Gasteiger partial charge in [0.1, 0.15) is 12.4 Å². The molecule has 0 bridgehead atoms. The van der Waals surface area contributed by atoms with Crippen LogP contribution in [0.15, 0.2) is 45.5 Å². The Morgan fingerprint density at radius 3 is 2.74 bits per heavy atom. The lowest BCUT2D eigenvalue weighted by Crippen LogP contribution is -2.38. The summed E-state index contributed by atoms with van der Waals surface area (Å²) in [6, 6.07) is 10.8. The Balaban J connectivity index is 1.62. The van der Waals surface area contributed by atoms with Gasteiger partial charge in [-0.3, -0.25) is 9.59 Å². The molecule has 1 aromatic carbocycles. The van der Waals surface area contributed by atoms with Gasteiger partial charge in [0, 0.05) is 0 Å². The second-order valence-corrected chi connectivity index (χ2v) is 5.58. The summed E-state index contributed by atoms with van der Waals surface area (Å²) >= 11 is 3.11. The molecule has 0 aliphatic rings. The Kier molecular flexibility index (Phi) is 6.22. The van der Waals surface area contributed by atoms with Crippen molar-refractivity contribution in [3.8, 4) is 5.75 Å². The van der Waals surface area contributed by atoms with Gasteiger partial charge in [0.05, 0.1) is 13.1 Å². The predicted molar refractivity (Wildman–Crippen MR) is 88.4 cm³/mol. The maximum atomic E-state index is 11.7. The van der Waals surface area contributed by atoms with E-state index in [9.17, 15) is 9.59 Å². The smallest absolute Gasteiger partial charge is 0.287 e. The lowest BCUT2D eigenvalue weighted by atomic mass is 10.2. The van der Waals surface area contributed by atoms with Crippen molar-refractivity contribution in [3.63, 3.8) is 0 Å². The standard InChI is InChI=1S/C16H17BrN2O4/c1-11-3-2-4-12(9-11)22-8-7-18-15(20)10-19-16(21)13-5-6-14(17)23-13/h2-6,9H,7-8,10H2,1H3,(H,18,20)(H,19,21). The van der Waals surface area contributed by atoms with E-state index in [2.05, 4.69) is 26.6 Å². The molecule has 2 N–H and O–H groups in total. The normalized spacial score (nSPS) is 10.2. The topological polar surface area (TPSA) is 80.6 Å². The van der Waals surface area contributed by atoms with Crippen molar-refractivity contribution in [2.24, 2.45) is 0 Å². The number of ether oxygens (including phenoxy) is 1. The number of amides is 2. The first-order valence-electron chi connectivity index (χ1n) is 7.04. The fraction of sp³-hybridized carbons (Fsp3) is 0.250. The SMILES string of the molecule is Cc1cccc(OCCNC(=O)CNC(=O)c2ccc(Br)o2)c1. The van der Waals surface area contributed by atoms with Crippen molar-refractivity contribution >= 4 is 27.7 Å². The van der Waals surface area contributed by atoms with Gasteiger partial charge in [0.2, 0.25) is 5.91 Å². The molecule has 23 heavy (non-hydrogen) atoms. The van der Waals surface area contributed by atoms with Crippen LogP contribution < -0.4 is 15.4 Å². The van der Waals surface area contributed by atoms with Crippen LogP contribution in [-0.2, 0) is 4.79 Å². The lowest BCUT2D eigenvalue weighted by molar-refractivity contribution is -0.120. The van der Waals surface area contributed by atoms with Crippen LogP contribution in [0.25, 0.3) is 0 Å². The molecule has 0 radical (unpaired) electrons. The number of carbonyl (C=O) groups excluding carboxylic acids is 2. The van der Waals surface area contributed by atoms with Gasteiger partial charge in [0.25, 0.3) is 5.91 Å². The largest absolute Gasteiger partial charge is 0.492 e. The summed E-state index contributed by atoms with van der Waals surface area (Å²) in [5.74, 6) is 0.169. The minimum atomic E-state index is -0.443. The summed E-state index contributed by atoms with van der Waals surface area (Å²) in [4.78, 5) is 23.3. The number of hydrogen-bond donors (Lipinski definition) is 2. The van der Waals surface area contributed by atoms with Crippen molar-refractivity contribution in [2.75, 3.05) is 19.7 Å². The van der Waals surface area contributed by atoms with E-state index < -0.39 is 5.91 Å². The lowest BCUT2D eigenvalue weighted by Gasteiger charge is -2.08. The number of halogens is 1. The third kappa shape index (κ3) is 5.78. The zero-order chi connectivity index (χ0) is 16.7. The average molecular weight is 381 g/mol. The first kappa shape index (κ1) is 17.1. The van der Waals surface area contributed by atoms with Gasteiger partial charge in [-0.25, -0.2) is 0 Å². The molecular formula is C16H17BrN2O4. The van der Waals surface area contributed by atoms with Crippen LogP contribution in [0.1, 0.15) is 16.1 Å². The molecule has 7 heteroatoms. The minimum Gasteiger partial charge on any atom is -0.492 e. The number of nitrogens with one attached hydrogen (secondary N) is 2. The number of rotatable bonds is 7.